The molecule has 136 heavy (non-hydrogen) atoms. The van der Waals surface area contributed by atoms with Gasteiger partial charge in [-0.05, 0) is 146 Å². The monoisotopic (exact) mass is 2080 g/mol. The molecule has 0 unspecified atom stereocenters. The summed E-state index contributed by atoms with van der Waals surface area (Å²) >= 11 is 1.61. The molecule has 0 amide bonds. The van der Waals surface area contributed by atoms with E-state index in [1.165, 1.54) is 251 Å². The summed E-state index contributed by atoms with van der Waals surface area (Å²) in [6, 6.07) is 26.4. The van der Waals surface area contributed by atoms with Crippen LogP contribution in [0.5, 0.6) is 57.5 Å². The van der Waals surface area contributed by atoms with Gasteiger partial charge in [-0.3, -0.25) is 18.7 Å². The summed E-state index contributed by atoms with van der Waals surface area (Å²) in [5, 5.41) is 0. The molecule has 0 spiro atoms. The average molecular weight is 2080 g/mol. The predicted octanol–water partition coefficient (Wildman–Crippen LogP) is 32.5. The number of carbonyl (C=O) groups is 4. The topological polar surface area (TPSA) is 186 Å². The molecular formula is C116H169ClF2N2O14Pt. The molecule has 0 aliphatic heterocycles. The van der Waals surface area contributed by atoms with E-state index in [0.29, 0.717) is 32.5 Å². The zero-order valence-electron chi connectivity index (χ0n) is 78.8. The Bertz CT molecular complexity index is 5410. The molecule has 7 aromatic rings. The van der Waals surface area contributed by atoms with Crippen LogP contribution in [-0.4, -0.2) is 60.3 Å². The van der Waals surface area contributed by atoms with Gasteiger partial charge in [-0.1, -0.05) is 300 Å². The number of esters is 4. The summed E-state index contributed by atoms with van der Waals surface area (Å²) in [6.45, 7) is 10.3. The number of rotatable bonds is 60. The molecule has 2 aromatic heterocycles. The number of ether oxygens (including phenoxy) is 10. The van der Waals surface area contributed by atoms with E-state index in [-0.39, 0.29) is 137 Å². The zero-order valence-corrected chi connectivity index (χ0v) is 81.8. The third-order valence-corrected chi connectivity index (χ3v) is 21.1. The number of halogens is 3. The van der Waals surface area contributed by atoms with Gasteiger partial charge in [0, 0.05) is 129 Å². The van der Waals surface area contributed by atoms with Crippen LogP contribution in [0.2, 0.25) is 0 Å². The molecule has 0 radical (unpaired) electrons. The summed E-state index contributed by atoms with van der Waals surface area (Å²) in [6.07, 6.45) is 63.5. The first kappa shape index (κ1) is 111. The molecule has 20 heteroatoms. The Morgan fingerprint density at radius 3 is 0.801 bits per heavy atom. The van der Waals surface area contributed by atoms with Crippen LogP contribution in [-0.2, 0) is 18.8 Å². The van der Waals surface area contributed by atoms with E-state index in [9.17, 15) is 19.2 Å². The van der Waals surface area contributed by atoms with Gasteiger partial charge in [0.2, 0.25) is 11.5 Å². The number of benzene rings is 5. The number of pyridine rings is 2. The number of terminal acetylenes is 2. The Kier molecular flexibility index (Phi) is 59.1. The maximum Gasteiger partial charge on any atom is 0 e. The van der Waals surface area contributed by atoms with Crippen LogP contribution in [0.4, 0.5) is 8.78 Å². The Morgan fingerprint density at radius 2 is 0.544 bits per heavy atom. The second-order valence-electron chi connectivity index (χ2n) is 31.8. The molecule has 7 rings (SSSR count). The van der Waals surface area contributed by atoms with E-state index in [1.54, 1.807) is 30.9 Å². The Hall–Kier alpha value is -13.4. The van der Waals surface area contributed by atoms with Crippen LogP contribution in [0.1, 0.15) is 360 Å². The van der Waals surface area contributed by atoms with E-state index in [2.05, 4.69) is 184 Å². The van der Waals surface area contributed by atoms with Gasteiger partial charge < -0.3 is 47.4 Å². The Labute approximate surface area is 857 Å². The fraction of sp³-hybridized carbons (Fsp3) is 0.414. The number of unbranched alkanes of at least 4 members (excludes halogenated alkanes) is 36. The van der Waals surface area contributed by atoms with Gasteiger partial charge in [0.05, 0.1) is 60.3 Å². The SMILES string of the molecule is C#CC#CC#CC#CC#CC#COc1cc(C(=O)Oc2ccc(OC(=O)c3ccc(-c4[c-]c(-c5ccc(C(=O)Oc6ccc(OC(=O)c7cc(OC#CC#CC#CC#CC#CC#C)c(OCCCCCCCCCCCC)c(OCCCCCCCCCCCC)c7)cc6)cn5)c(F)cc4F)nc3)cc2)cc(OCCCCCCCCCCCC)c1OCCCCCCCCCCCC.[Cl][Pt+].[HH].[HH].[HH].[HH].[HH].[HH].[HH].[HH].[HH].[HH].[HH].[HH].[HH].[HH].[HH].[HH].[HH].[HH].[HH].[HH].[HH].[HH].[HH].[HH]. The van der Waals surface area contributed by atoms with Crippen LogP contribution in [0.25, 0.3) is 22.5 Å². The molecule has 0 saturated heterocycles. The van der Waals surface area contributed by atoms with E-state index >= 15 is 8.78 Å². The smallest absolute Gasteiger partial charge is 0 e. The van der Waals surface area contributed by atoms with Gasteiger partial charge in [-0.15, -0.1) is 18.9 Å². The quantitative estimate of drug-likeness (QED) is 0.0115. The van der Waals surface area contributed by atoms with Crippen molar-refractivity contribution in [3.8, 4) is 223 Å². The van der Waals surface area contributed by atoms with Crippen LogP contribution >= 0.6 is 9.42 Å². The summed E-state index contributed by atoms with van der Waals surface area (Å²) in [7, 11) is 4.61. The van der Waals surface area contributed by atoms with Gasteiger partial charge in [0.25, 0.3) is 0 Å². The Morgan fingerprint density at radius 1 is 0.309 bits per heavy atom. The summed E-state index contributed by atoms with van der Waals surface area (Å²) in [4.78, 5) is 64.1. The molecule has 0 N–H and O–H groups in total. The predicted molar refractivity (Wildman–Crippen MR) is 580 cm³/mol. The second kappa shape index (κ2) is 72.2. The van der Waals surface area contributed by atoms with Crippen molar-refractivity contribution in [2.45, 2.75) is 285 Å². The fourth-order valence-corrected chi connectivity index (χ4v) is 13.8. The largest absolute Gasteiger partial charge is 0 e. The van der Waals surface area contributed by atoms with E-state index in [4.69, 9.17) is 60.2 Å². The van der Waals surface area contributed by atoms with Crippen LogP contribution in [0, 0.1) is 161 Å². The summed E-state index contributed by atoms with van der Waals surface area (Å²) in [5.74, 6) is 46.5. The number of hydrogen-bond donors (Lipinski definition) is 0. The van der Waals surface area contributed by atoms with Crippen molar-refractivity contribution in [2.75, 3.05) is 26.4 Å². The molecule has 16 nitrogen and oxygen atoms in total. The molecule has 0 aliphatic rings. The minimum atomic E-state index is -1.00. The number of hydrogen-bond acceptors (Lipinski definition) is 16. The maximum absolute atomic E-state index is 15.7. The minimum Gasteiger partial charge on any atom is 0 e. The van der Waals surface area contributed by atoms with E-state index in [1.807, 2.05) is 0 Å². The van der Waals surface area contributed by atoms with Crippen LogP contribution in [0.3, 0.4) is 0 Å². The minimum absolute atomic E-state index is 0. The molecular weight excluding hydrogens is 1910 g/mol. The first-order valence-electron chi connectivity index (χ1n) is 47.5. The van der Waals surface area contributed by atoms with Crippen LogP contribution in [0.15, 0.2) is 116 Å². The normalized spacial score (nSPS) is 9.85. The zero-order chi connectivity index (χ0) is 97.2. The van der Waals surface area contributed by atoms with Crippen molar-refractivity contribution in [3.63, 3.8) is 0 Å². The van der Waals surface area contributed by atoms with Crippen molar-refractivity contribution in [2.24, 2.45) is 0 Å². The van der Waals surface area contributed by atoms with Crippen molar-refractivity contribution < 1.29 is 128 Å². The first-order valence-corrected chi connectivity index (χ1v) is 50.3. The molecule has 0 atom stereocenters. The molecule has 2 heterocycles. The van der Waals surface area contributed by atoms with Crippen molar-refractivity contribution in [1.29, 1.82) is 0 Å². The van der Waals surface area contributed by atoms with E-state index < -0.39 is 35.5 Å². The molecule has 0 aliphatic carbocycles. The maximum atomic E-state index is 15.7. The third kappa shape index (κ3) is 46.5. The number of aromatic nitrogens is 2. The third-order valence-electron chi connectivity index (χ3n) is 21.1. The molecule has 0 fully saturated rings. The second-order valence-corrected chi connectivity index (χ2v) is 31.8. The molecule has 5 aromatic carbocycles. The van der Waals surface area contributed by atoms with Gasteiger partial charge in [-0.2, -0.15) is 0 Å². The van der Waals surface area contributed by atoms with Crippen molar-refractivity contribution in [1.82, 2.24) is 9.97 Å². The summed E-state index contributed by atoms with van der Waals surface area (Å²) < 4.78 is 92.1. The Balaban J connectivity index is -0.000000447. The van der Waals surface area contributed by atoms with Crippen molar-refractivity contribution >= 4 is 33.3 Å². The van der Waals surface area contributed by atoms with Gasteiger partial charge in [0.1, 0.15) is 35.2 Å². The van der Waals surface area contributed by atoms with Gasteiger partial charge in [-0.25, -0.2) is 19.2 Å². The number of nitrogens with zero attached hydrogens (tertiary/aromatic N) is 2. The molecule has 758 valence electrons. The van der Waals surface area contributed by atoms with Gasteiger partial charge in [0.15, 0.2) is 23.0 Å². The molecule has 0 bridgehead atoms. The fourth-order valence-electron chi connectivity index (χ4n) is 13.8. The summed E-state index contributed by atoms with van der Waals surface area (Å²) in [5.41, 5.74) is -0.408. The molecule has 0 saturated carbocycles. The van der Waals surface area contributed by atoms with E-state index in [0.717, 1.165) is 103 Å². The van der Waals surface area contributed by atoms with Gasteiger partial charge >= 0.3 is 52.1 Å². The van der Waals surface area contributed by atoms with Crippen LogP contribution < -0.4 is 47.4 Å². The number of carbonyl (C=O) groups excluding carboxylic acids is 4. The standard InChI is InChI=1S/C116H121F2N2O14.ClH.Pt.24H2/c1-7-13-19-25-31-37-43-49-55-61-79-125-107-85-95(86-108(126-80-62-56-50-44-38-32-26-20-14-8-2)111(107)129-83-65-59-53-47-41-35-29-23-17-11-5)115(123)133-99-73-69-97(70-74-99)131-113(121)93-67-77-105(119-91-93)101-89-102(104(118)90-103(101)117)106-78-68-94(92-120-106)114(122)132-98-71-75-100(76-72-98)134-116(124)96-87-109(127-81-63-57-51-45-39-33-27-21-15-9-3)112(130-84-66-60-54-48-42-36-30-24-18-12-6)110(88-96)128-82-64-58-52-46-40-34-28-22-16-10-4;;;;;;;;;;;;;;;;;;;;;;;;;;/h1,3,67-78,85-88,90-92H,8,10-12,14,16-18,20,22-24,26,28-30,32,34-36,38,40-42,44,46-48,50,52-54,56,58-60,62,64-66,80,82-84H2,2,4-6H3;1H;;24*1H/q-1;;+2;;;;;;;;;;;;;;;;;;;;;;;;/p-1. The first-order chi connectivity index (χ1) is 66.9. The average Bonchev–Trinajstić information content (AvgIpc) is 0.790. The van der Waals surface area contributed by atoms with Crippen molar-refractivity contribution in [3.05, 3.63) is 155 Å².